The van der Waals surface area contributed by atoms with Crippen LogP contribution in [0, 0.1) is 11.8 Å². The average Bonchev–Trinajstić information content (AvgIpc) is 2.86. The number of aromatic nitrogens is 1. The van der Waals surface area contributed by atoms with Gasteiger partial charge in [0, 0.05) is 11.1 Å². The van der Waals surface area contributed by atoms with Crippen LogP contribution in [0.5, 0.6) is 0 Å². The van der Waals surface area contributed by atoms with E-state index in [1.807, 2.05) is 17.5 Å². The van der Waals surface area contributed by atoms with E-state index in [9.17, 15) is 13.6 Å². The van der Waals surface area contributed by atoms with E-state index in [4.69, 9.17) is 0 Å². The Morgan fingerprint density at radius 3 is 2.89 bits per heavy atom. The van der Waals surface area contributed by atoms with E-state index in [1.165, 1.54) is 11.3 Å². The van der Waals surface area contributed by atoms with Crippen molar-refractivity contribution in [3.63, 3.8) is 0 Å². The normalized spacial score (nSPS) is 12.2. The standard InChI is InChI=1S/C12H10F2N2OS/c1-7(9-3-2-6-18-9)16-12(17)8-4-5-15-11(14)10(8)13/h2-7H,1H3,(H,16,17). The summed E-state index contributed by atoms with van der Waals surface area (Å²) in [5, 5.41) is 4.48. The van der Waals surface area contributed by atoms with Crippen LogP contribution in [-0.4, -0.2) is 10.9 Å². The van der Waals surface area contributed by atoms with Gasteiger partial charge >= 0.3 is 0 Å². The molecule has 0 aliphatic heterocycles. The lowest BCUT2D eigenvalue weighted by molar-refractivity contribution is 0.0935. The van der Waals surface area contributed by atoms with Gasteiger partial charge in [-0.1, -0.05) is 6.07 Å². The van der Waals surface area contributed by atoms with Crippen molar-refractivity contribution in [3.8, 4) is 0 Å². The highest BCUT2D eigenvalue weighted by atomic mass is 32.1. The summed E-state index contributed by atoms with van der Waals surface area (Å²) >= 11 is 1.48. The van der Waals surface area contributed by atoms with Gasteiger partial charge in [-0.05, 0) is 24.4 Å². The Morgan fingerprint density at radius 2 is 2.22 bits per heavy atom. The van der Waals surface area contributed by atoms with Gasteiger partial charge in [-0.15, -0.1) is 11.3 Å². The summed E-state index contributed by atoms with van der Waals surface area (Å²) < 4.78 is 26.2. The first-order chi connectivity index (χ1) is 8.59. The maximum Gasteiger partial charge on any atom is 0.254 e. The first-order valence-corrected chi connectivity index (χ1v) is 6.12. The second-order valence-corrected chi connectivity index (χ2v) is 4.65. The first kappa shape index (κ1) is 12.6. The summed E-state index contributed by atoms with van der Waals surface area (Å²) in [6.07, 6.45) is 1.06. The van der Waals surface area contributed by atoms with Crippen molar-refractivity contribution in [1.82, 2.24) is 10.3 Å². The van der Waals surface area contributed by atoms with E-state index in [1.54, 1.807) is 6.92 Å². The van der Waals surface area contributed by atoms with E-state index < -0.39 is 17.7 Å². The molecular weight excluding hydrogens is 258 g/mol. The monoisotopic (exact) mass is 268 g/mol. The SMILES string of the molecule is CC(NC(=O)c1ccnc(F)c1F)c1cccs1. The molecule has 1 N–H and O–H groups in total. The van der Waals surface area contributed by atoms with E-state index in [-0.39, 0.29) is 11.6 Å². The zero-order chi connectivity index (χ0) is 13.1. The van der Waals surface area contributed by atoms with Crippen LogP contribution in [0.25, 0.3) is 0 Å². The van der Waals surface area contributed by atoms with Crippen LogP contribution < -0.4 is 5.32 Å². The van der Waals surface area contributed by atoms with E-state index in [0.29, 0.717) is 0 Å². The third-order valence-corrected chi connectivity index (χ3v) is 3.46. The van der Waals surface area contributed by atoms with Crippen molar-refractivity contribution in [2.24, 2.45) is 0 Å². The highest BCUT2D eigenvalue weighted by Crippen LogP contribution is 2.19. The number of rotatable bonds is 3. The van der Waals surface area contributed by atoms with Gasteiger partial charge in [0.05, 0.1) is 11.6 Å². The summed E-state index contributed by atoms with van der Waals surface area (Å²) in [4.78, 5) is 15.9. The summed E-state index contributed by atoms with van der Waals surface area (Å²) in [5.74, 6) is -3.16. The van der Waals surface area contributed by atoms with Gasteiger partial charge in [-0.2, -0.15) is 4.39 Å². The Hall–Kier alpha value is -1.82. The van der Waals surface area contributed by atoms with Crippen LogP contribution >= 0.6 is 11.3 Å². The van der Waals surface area contributed by atoms with Gasteiger partial charge in [0.2, 0.25) is 5.95 Å². The molecule has 2 aromatic rings. The van der Waals surface area contributed by atoms with Crippen LogP contribution in [0.4, 0.5) is 8.78 Å². The number of hydrogen-bond acceptors (Lipinski definition) is 3. The van der Waals surface area contributed by atoms with E-state index in [0.717, 1.165) is 17.1 Å². The predicted octanol–water partition coefficient (Wildman–Crippen LogP) is 2.91. The summed E-state index contributed by atoms with van der Waals surface area (Å²) in [5.41, 5.74) is -0.342. The Morgan fingerprint density at radius 1 is 1.44 bits per heavy atom. The second-order valence-electron chi connectivity index (χ2n) is 3.67. The molecule has 94 valence electrons. The molecule has 0 aromatic carbocycles. The third-order valence-electron chi connectivity index (χ3n) is 2.41. The molecule has 1 atom stereocenters. The fourth-order valence-corrected chi connectivity index (χ4v) is 2.21. The van der Waals surface area contributed by atoms with Crippen molar-refractivity contribution < 1.29 is 13.6 Å². The molecule has 0 bridgehead atoms. The van der Waals surface area contributed by atoms with E-state index in [2.05, 4.69) is 10.3 Å². The molecule has 2 aromatic heterocycles. The minimum atomic E-state index is -1.27. The molecule has 18 heavy (non-hydrogen) atoms. The maximum atomic E-state index is 13.3. The summed E-state index contributed by atoms with van der Waals surface area (Å²) in [6.45, 7) is 1.78. The Kier molecular flexibility index (Phi) is 3.66. The zero-order valence-electron chi connectivity index (χ0n) is 9.48. The van der Waals surface area contributed by atoms with Crippen molar-refractivity contribution >= 4 is 17.2 Å². The number of nitrogens with one attached hydrogen (secondary N) is 1. The number of halogens is 2. The molecule has 6 heteroatoms. The quantitative estimate of drug-likeness (QED) is 0.870. The largest absolute Gasteiger partial charge is 0.345 e. The number of nitrogens with zero attached hydrogens (tertiary/aromatic N) is 1. The number of thiophene rings is 1. The Bertz CT molecular complexity index is 557. The number of pyridine rings is 1. The minimum Gasteiger partial charge on any atom is -0.345 e. The zero-order valence-corrected chi connectivity index (χ0v) is 10.3. The molecule has 0 radical (unpaired) electrons. The predicted molar refractivity (Wildman–Crippen MR) is 64.4 cm³/mol. The molecule has 0 aliphatic carbocycles. The lowest BCUT2D eigenvalue weighted by Gasteiger charge is -2.12. The third kappa shape index (κ3) is 2.53. The fourth-order valence-electron chi connectivity index (χ4n) is 1.48. The van der Waals surface area contributed by atoms with Crippen LogP contribution in [0.3, 0.4) is 0 Å². The smallest absolute Gasteiger partial charge is 0.254 e. The molecule has 2 heterocycles. The lowest BCUT2D eigenvalue weighted by atomic mass is 10.2. The minimum absolute atomic E-state index is 0.256. The topological polar surface area (TPSA) is 42.0 Å². The van der Waals surface area contributed by atoms with Gasteiger partial charge in [0.25, 0.3) is 5.91 Å². The number of amides is 1. The number of carbonyl (C=O) groups is 1. The Balaban J connectivity index is 2.15. The fraction of sp³-hybridized carbons (Fsp3) is 0.167. The van der Waals surface area contributed by atoms with E-state index >= 15 is 0 Å². The van der Waals surface area contributed by atoms with Gasteiger partial charge < -0.3 is 5.32 Å². The lowest BCUT2D eigenvalue weighted by Crippen LogP contribution is -2.27. The van der Waals surface area contributed by atoms with Crippen molar-refractivity contribution in [2.75, 3.05) is 0 Å². The molecule has 1 amide bonds. The maximum absolute atomic E-state index is 13.3. The molecule has 0 aliphatic rings. The molecular formula is C12H10F2N2OS. The first-order valence-electron chi connectivity index (χ1n) is 5.24. The van der Waals surface area contributed by atoms with Gasteiger partial charge in [-0.3, -0.25) is 4.79 Å². The highest BCUT2D eigenvalue weighted by Gasteiger charge is 2.18. The van der Waals surface area contributed by atoms with Crippen LogP contribution in [0.1, 0.15) is 28.2 Å². The van der Waals surface area contributed by atoms with Crippen molar-refractivity contribution in [3.05, 3.63) is 52.0 Å². The number of carbonyl (C=O) groups excluding carboxylic acids is 1. The van der Waals surface area contributed by atoms with Crippen LogP contribution in [0.15, 0.2) is 29.8 Å². The molecule has 1 unspecified atom stereocenters. The van der Waals surface area contributed by atoms with Gasteiger partial charge in [-0.25, -0.2) is 9.37 Å². The van der Waals surface area contributed by atoms with Gasteiger partial charge in [0.15, 0.2) is 5.82 Å². The molecule has 0 saturated heterocycles. The second kappa shape index (κ2) is 5.22. The molecule has 0 spiro atoms. The molecule has 0 fully saturated rings. The average molecular weight is 268 g/mol. The van der Waals surface area contributed by atoms with Crippen LogP contribution in [-0.2, 0) is 0 Å². The molecule has 2 rings (SSSR count). The Labute approximate surface area is 106 Å². The number of hydrogen-bond donors (Lipinski definition) is 1. The summed E-state index contributed by atoms with van der Waals surface area (Å²) in [7, 11) is 0. The molecule has 3 nitrogen and oxygen atoms in total. The van der Waals surface area contributed by atoms with Crippen LogP contribution in [0.2, 0.25) is 0 Å². The molecule has 0 saturated carbocycles. The van der Waals surface area contributed by atoms with Crippen molar-refractivity contribution in [1.29, 1.82) is 0 Å². The summed E-state index contributed by atoms with van der Waals surface area (Å²) in [6, 6.07) is 4.61. The highest BCUT2D eigenvalue weighted by molar-refractivity contribution is 7.10. The van der Waals surface area contributed by atoms with Crippen molar-refractivity contribution in [2.45, 2.75) is 13.0 Å². The van der Waals surface area contributed by atoms with Gasteiger partial charge in [0.1, 0.15) is 0 Å².